The summed E-state index contributed by atoms with van der Waals surface area (Å²) in [6.07, 6.45) is 0.694. The van der Waals surface area contributed by atoms with Crippen LogP contribution in [0.3, 0.4) is 0 Å². The number of hydrogen-bond donors (Lipinski definition) is 1. The van der Waals surface area contributed by atoms with Crippen molar-refractivity contribution in [3.05, 3.63) is 34.9 Å². The monoisotopic (exact) mass is 247 g/mol. The second-order valence-electron chi connectivity index (χ2n) is 4.16. The number of nitrogens with one attached hydrogen (secondary N) is 1. The zero-order valence-corrected chi connectivity index (χ0v) is 10.5. The average molecular weight is 247 g/mol. The molecule has 2 aromatic rings. The molecule has 0 fully saturated rings. The molecule has 18 heavy (non-hydrogen) atoms. The van der Waals surface area contributed by atoms with Gasteiger partial charge in [0.15, 0.2) is 11.6 Å². The number of aromatic amines is 1. The van der Waals surface area contributed by atoms with E-state index >= 15 is 0 Å². The average Bonchev–Trinajstić information content (AvgIpc) is 2.77. The van der Waals surface area contributed by atoms with Crippen LogP contribution in [0.2, 0.25) is 0 Å². The molecule has 0 bridgehead atoms. The lowest BCUT2D eigenvalue weighted by molar-refractivity contribution is 0.101. The van der Waals surface area contributed by atoms with E-state index in [0.29, 0.717) is 23.4 Å². The van der Waals surface area contributed by atoms with Gasteiger partial charge in [0.2, 0.25) is 0 Å². The Labute approximate surface area is 104 Å². The van der Waals surface area contributed by atoms with Crippen molar-refractivity contribution in [2.45, 2.75) is 27.2 Å². The number of hydrogen-bond acceptors (Lipinski definition) is 3. The Morgan fingerprint density at radius 2 is 2.17 bits per heavy atom. The van der Waals surface area contributed by atoms with Gasteiger partial charge in [-0.25, -0.2) is 9.37 Å². The molecule has 0 saturated carbocycles. The van der Waals surface area contributed by atoms with E-state index in [2.05, 4.69) is 15.2 Å². The maximum atomic E-state index is 13.9. The summed E-state index contributed by atoms with van der Waals surface area (Å²) in [4.78, 5) is 15.6. The number of nitrogens with zero attached hydrogens (tertiary/aromatic N) is 2. The quantitative estimate of drug-likeness (QED) is 0.848. The smallest absolute Gasteiger partial charge is 0.184 e. The first-order valence-corrected chi connectivity index (χ1v) is 5.75. The molecule has 0 radical (unpaired) electrons. The van der Waals surface area contributed by atoms with E-state index in [1.54, 1.807) is 6.92 Å². The van der Waals surface area contributed by atoms with Crippen molar-refractivity contribution in [2.75, 3.05) is 0 Å². The molecule has 1 aromatic carbocycles. The number of halogens is 1. The predicted octanol–water partition coefficient (Wildman–Crippen LogP) is 2.68. The largest absolute Gasteiger partial charge is 0.295 e. The van der Waals surface area contributed by atoms with E-state index in [1.807, 2.05) is 6.92 Å². The van der Waals surface area contributed by atoms with Gasteiger partial charge >= 0.3 is 0 Å². The molecule has 4 nitrogen and oxygen atoms in total. The van der Waals surface area contributed by atoms with E-state index in [0.717, 1.165) is 0 Å². The lowest BCUT2D eigenvalue weighted by atomic mass is 10.0. The molecule has 94 valence electrons. The standard InChI is InChI=1S/C13H14FN3O/c1-4-12-15-13(17-16-12)10-6-9(8(3)18)7(2)5-11(10)14/h5-6H,4H2,1-3H3,(H,15,16,17). The molecule has 0 aliphatic heterocycles. The highest BCUT2D eigenvalue weighted by atomic mass is 19.1. The summed E-state index contributed by atoms with van der Waals surface area (Å²) in [5, 5.41) is 6.69. The highest BCUT2D eigenvalue weighted by Crippen LogP contribution is 2.23. The van der Waals surface area contributed by atoms with Crippen molar-refractivity contribution >= 4 is 5.78 Å². The minimum atomic E-state index is -0.417. The van der Waals surface area contributed by atoms with Crippen molar-refractivity contribution in [1.82, 2.24) is 15.2 Å². The highest BCUT2D eigenvalue weighted by molar-refractivity contribution is 5.96. The Morgan fingerprint density at radius 1 is 1.44 bits per heavy atom. The molecule has 0 aliphatic rings. The van der Waals surface area contributed by atoms with Crippen LogP contribution in [-0.2, 0) is 6.42 Å². The van der Waals surface area contributed by atoms with Gasteiger partial charge in [-0.3, -0.25) is 9.89 Å². The van der Waals surface area contributed by atoms with Crippen LogP contribution < -0.4 is 0 Å². The van der Waals surface area contributed by atoms with Crippen LogP contribution in [0.5, 0.6) is 0 Å². The molecule has 0 atom stereocenters. The minimum absolute atomic E-state index is 0.0972. The van der Waals surface area contributed by atoms with E-state index < -0.39 is 5.82 Å². The number of rotatable bonds is 3. The first kappa shape index (κ1) is 12.4. The molecular formula is C13H14FN3O. The Hall–Kier alpha value is -2.04. The lowest BCUT2D eigenvalue weighted by Crippen LogP contribution is -1.99. The van der Waals surface area contributed by atoms with Crippen molar-refractivity contribution in [1.29, 1.82) is 0 Å². The summed E-state index contributed by atoms with van der Waals surface area (Å²) in [5.41, 5.74) is 1.37. The number of aryl methyl sites for hydroxylation is 2. The molecule has 1 aromatic heterocycles. The third-order valence-corrected chi connectivity index (χ3v) is 2.80. The number of carbonyl (C=O) groups excluding carboxylic acids is 1. The van der Waals surface area contributed by atoms with Crippen LogP contribution in [0, 0.1) is 12.7 Å². The maximum absolute atomic E-state index is 13.9. The second-order valence-corrected chi connectivity index (χ2v) is 4.16. The summed E-state index contributed by atoms with van der Waals surface area (Å²) in [6.45, 7) is 5.09. The summed E-state index contributed by atoms with van der Waals surface area (Å²) in [5.74, 6) is 0.459. The lowest BCUT2D eigenvalue weighted by Gasteiger charge is -2.05. The molecule has 2 rings (SSSR count). The van der Waals surface area contributed by atoms with Crippen LogP contribution in [0.4, 0.5) is 4.39 Å². The number of H-pyrrole nitrogens is 1. The molecule has 0 unspecified atom stereocenters. The van der Waals surface area contributed by atoms with E-state index in [1.165, 1.54) is 19.1 Å². The van der Waals surface area contributed by atoms with E-state index in [9.17, 15) is 9.18 Å². The molecule has 0 spiro atoms. The van der Waals surface area contributed by atoms with Gasteiger partial charge in [0.25, 0.3) is 0 Å². The van der Waals surface area contributed by atoms with Crippen molar-refractivity contribution in [3.63, 3.8) is 0 Å². The number of benzene rings is 1. The zero-order valence-electron chi connectivity index (χ0n) is 10.5. The normalized spacial score (nSPS) is 10.7. The van der Waals surface area contributed by atoms with Crippen molar-refractivity contribution < 1.29 is 9.18 Å². The summed E-state index contributed by atoms with van der Waals surface area (Å²) in [6, 6.07) is 2.85. The van der Waals surface area contributed by atoms with Crippen LogP contribution in [0.25, 0.3) is 11.4 Å². The molecule has 0 saturated heterocycles. The number of ketones is 1. The van der Waals surface area contributed by atoms with Crippen molar-refractivity contribution in [2.24, 2.45) is 0 Å². The Kier molecular flexibility index (Phi) is 3.23. The van der Waals surface area contributed by atoms with Crippen LogP contribution >= 0.6 is 0 Å². The van der Waals surface area contributed by atoms with Crippen LogP contribution in [0.15, 0.2) is 12.1 Å². The van der Waals surface area contributed by atoms with E-state index in [-0.39, 0.29) is 17.2 Å². The van der Waals surface area contributed by atoms with Crippen LogP contribution in [-0.4, -0.2) is 21.0 Å². The summed E-state index contributed by atoms with van der Waals surface area (Å²) in [7, 11) is 0. The molecular weight excluding hydrogens is 233 g/mol. The molecule has 0 amide bonds. The van der Waals surface area contributed by atoms with Crippen molar-refractivity contribution in [3.8, 4) is 11.4 Å². The number of carbonyl (C=O) groups is 1. The van der Waals surface area contributed by atoms with Gasteiger partial charge in [0.05, 0.1) is 5.56 Å². The minimum Gasteiger partial charge on any atom is -0.295 e. The Bertz CT molecular complexity index is 604. The Morgan fingerprint density at radius 3 is 2.72 bits per heavy atom. The fourth-order valence-corrected chi connectivity index (χ4v) is 1.80. The number of aromatic nitrogens is 3. The van der Waals surface area contributed by atoms with Gasteiger partial charge in [-0.1, -0.05) is 6.92 Å². The van der Waals surface area contributed by atoms with Gasteiger partial charge in [-0.05, 0) is 31.5 Å². The third-order valence-electron chi connectivity index (χ3n) is 2.80. The third kappa shape index (κ3) is 2.16. The molecule has 1 N–H and O–H groups in total. The fraction of sp³-hybridized carbons (Fsp3) is 0.308. The summed E-state index contributed by atoms with van der Waals surface area (Å²) < 4.78 is 13.9. The van der Waals surface area contributed by atoms with Gasteiger partial charge < -0.3 is 0 Å². The van der Waals surface area contributed by atoms with E-state index in [4.69, 9.17) is 0 Å². The topological polar surface area (TPSA) is 58.6 Å². The Balaban J connectivity index is 2.56. The predicted molar refractivity (Wildman–Crippen MR) is 65.9 cm³/mol. The van der Waals surface area contributed by atoms with Gasteiger partial charge in [0.1, 0.15) is 11.6 Å². The summed E-state index contributed by atoms with van der Waals surface area (Å²) >= 11 is 0. The zero-order chi connectivity index (χ0) is 13.3. The maximum Gasteiger partial charge on any atom is 0.184 e. The van der Waals surface area contributed by atoms with Gasteiger partial charge in [0, 0.05) is 12.0 Å². The SMILES string of the molecule is CCc1nc(-c2cc(C(C)=O)c(C)cc2F)n[nH]1. The van der Waals surface area contributed by atoms with Gasteiger partial charge in [-0.15, -0.1) is 0 Å². The first-order valence-electron chi connectivity index (χ1n) is 5.75. The highest BCUT2D eigenvalue weighted by Gasteiger charge is 2.15. The molecule has 5 heteroatoms. The first-order chi connectivity index (χ1) is 8.52. The molecule has 1 heterocycles. The van der Waals surface area contributed by atoms with Crippen LogP contribution in [0.1, 0.15) is 35.6 Å². The number of Topliss-reactive ketones (excluding diaryl/α,β-unsaturated/α-hetero) is 1. The molecule has 0 aliphatic carbocycles. The fourth-order valence-electron chi connectivity index (χ4n) is 1.80. The second kappa shape index (κ2) is 4.68. The van der Waals surface area contributed by atoms with Gasteiger partial charge in [-0.2, -0.15) is 5.10 Å².